The first-order chi connectivity index (χ1) is 10.2. The van der Waals surface area contributed by atoms with Gasteiger partial charge in [-0.05, 0) is 12.0 Å². The van der Waals surface area contributed by atoms with E-state index in [9.17, 15) is 0 Å². The van der Waals surface area contributed by atoms with Gasteiger partial charge in [0.1, 0.15) is 11.9 Å². The van der Waals surface area contributed by atoms with Gasteiger partial charge in [0.15, 0.2) is 0 Å². The number of hydrogen-bond donors (Lipinski definition) is 2. The van der Waals surface area contributed by atoms with Crippen LogP contribution in [0.5, 0.6) is 5.88 Å². The fourth-order valence-corrected chi connectivity index (χ4v) is 2.57. The molecule has 0 saturated carbocycles. The second-order valence-corrected chi connectivity index (χ2v) is 5.24. The van der Waals surface area contributed by atoms with Gasteiger partial charge in [-0.3, -0.25) is 4.90 Å². The molecule has 2 aromatic rings. The quantitative estimate of drug-likeness (QED) is 0.880. The molecule has 3 rings (SSSR count). The van der Waals surface area contributed by atoms with Crippen molar-refractivity contribution in [1.29, 1.82) is 0 Å². The van der Waals surface area contributed by atoms with E-state index in [1.54, 1.807) is 6.07 Å². The summed E-state index contributed by atoms with van der Waals surface area (Å²) in [5.41, 5.74) is 12.5. The molecule has 1 atom stereocenters. The zero-order valence-electron chi connectivity index (χ0n) is 11.8. The Bertz CT molecular complexity index is 584. The largest absolute Gasteiger partial charge is 0.473 e. The Kier molecular flexibility index (Phi) is 3.87. The Balaban J connectivity index is 1.57. The highest BCUT2D eigenvalue weighted by atomic mass is 16.5. The molecular formula is C15H19N5O. The fraction of sp³-hybridized carbons (Fsp3) is 0.333. The van der Waals surface area contributed by atoms with Crippen LogP contribution in [0.25, 0.3) is 0 Å². The second-order valence-electron chi connectivity index (χ2n) is 5.24. The van der Waals surface area contributed by atoms with Crippen molar-refractivity contribution < 1.29 is 4.74 Å². The van der Waals surface area contributed by atoms with Crippen LogP contribution < -0.4 is 16.2 Å². The summed E-state index contributed by atoms with van der Waals surface area (Å²) in [4.78, 5) is 10.3. The van der Waals surface area contributed by atoms with Crippen molar-refractivity contribution in [3.8, 4) is 5.88 Å². The van der Waals surface area contributed by atoms with E-state index >= 15 is 0 Å². The molecule has 0 aliphatic carbocycles. The third kappa shape index (κ3) is 3.61. The molecule has 0 radical (unpaired) electrons. The van der Waals surface area contributed by atoms with Crippen molar-refractivity contribution in [2.24, 2.45) is 0 Å². The van der Waals surface area contributed by atoms with Gasteiger partial charge in [-0.25, -0.2) is 0 Å². The van der Waals surface area contributed by atoms with Crippen LogP contribution in [-0.2, 0) is 6.54 Å². The molecule has 4 N–H and O–H groups in total. The van der Waals surface area contributed by atoms with Crippen molar-refractivity contribution >= 4 is 11.8 Å². The first-order valence-electron chi connectivity index (χ1n) is 7.02. The van der Waals surface area contributed by atoms with Gasteiger partial charge in [0, 0.05) is 25.7 Å². The normalized spacial score (nSPS) is 18.8. The number of aromatic nitrogens is 2. The highest BCUT2D eigenvalue weighted by molar-refractivity contribution is 5.38. The summed E-state index contributed by atoms with van der Waals surface area (Å²) < 4.78 is 5.85. The van der Waals surface area contributed by atoms with Crippen LogP contribution in [0.3, 0.4) is 0 Å². The zero-order valence-corrected chi connectivity index (χ0v) is 11.8. The molecule has 6 heteroatoms. The third-order valence-corrected chi connectivity index (χ3v) is 3.51. The van der Waals surface area contributed by atoms with Crippen molar-refractivity contribution in [1.82, 2.24) is 14.9 Å². The predicted octanol–water partition coefficient (Wildman–Crippen LogP) is 1.29. The van der Waals surface area contributed by atoms with E-state index in [0.717, 1.165) is 26.1 Å². The summed E-state index contributed by atoms with van der Waals surface area (Å²) in [5, 5.41) is 0. The molecule has 2 heterocycles. The number of ether oxygens (including phenoxy) is 1. The van der Waals surface area contributed by atoms with Gasteiger partial charge < -0.3 is 16.2 Å². The van der Waals surface area contributed by atoms with Gasteiger partial charge in [-0.15, -0.1) is 0 Å². The Morgan fingerprint density at radius 3 is 2.76 bits per heavy atom. The second kappa shape index (κ2) is 5.97. The van der Waals surface area contributed by atoms with E-state index in [1.165, 1.54) is 5.56 Å². The third-order valence-electron chi connectivity index (χ3n) is 3.51. The number of likely N-dealkylation sites (tertiary alicyclic amines) is 1. The molecule has 6 nitrogen and oxygen atoms in total. The Morgan fingerprint density at radius 1 is 1.19 bits per heavy atom. The van der Waals surface area contributed by atoms with Crippen molar-refractivity contribution in [3.05, 3.63) is 42.0 Å². The molecule has 1 unspecified atom stereocenters. The van der Waals surface area contributed by atoms with E-state index in [1.807, 2.05) is 6.07 Å². The number of rotatable bonds is 4. The van der Waals surface area contributed by atoms with Gasteiger partial charge >= 0.3 is 0 Å². The summed E-state index contributed by atoms with van der Waals surface area (Å²) in [5.74, 6) is 0.923. The smallest absolute Gasteiger partial charge is 0.225 e. The number of nitrogen functional groups attached to an aromatic ring is 2. The van der Waals surface area contributed by atoms with Crippen LogP contribution in [0, 0.1) is 0 Å². The van der Waals surface area contributed by atoms with E-state index in [-0.39, 0.29) is 12.1 Å². The van der Waals surface area contributed by atoms with Gasteiger partial charge in [0.2, 0.25) is 11.8 Å². The van der Waals surface area contributed by atoms with E-state index in [4.69, 9.17) is 16.2 Å². The maximum absolute atomic E-state index is 5.85. The molecule has 1 fully saturated rings. The molecule has 110 valence electrons. The zero-order chi connectivity index (χ0) is 14.7. The van der Waals surface area contributed by atoms with Crippen LogP contribution in [-0.4, -0.2) is 34.1 Å². The highest BCUT2D eigenvalue weighted by Gasteiger charge is 2.24. The lowest BCUT2D eigenvalue weighted by molar-refractivity contribution is 0.191. The Morgan fingerprint density at radius 2 is 2.00 bits per heavy atom. The first kappa shape index (κ1) is 13.6. The van der Waals surface area contributed by atoms with Gasteiger partial charge in [-0.2, -0.15) is 9.97 Å². The predicted molar refractivity (Wildman–Crippen MR) is 81.6 cm³/mol. The maximum Gasteiger partial charge on any atom is 0.225 e. The van der Waals surface area contributed by atoms with Crippen molar-refractivity contribution in [3.63, 3.8) is 0 Å². The van der Waals surface area contributed by atoms with Gasteiger partial charge in [0.25, 0.3) is 0 Å². The molecule has 0 amide bonds. The van der Waals surface area contributed by atoms with Gasteiger partial charge in [-0.1, -0.05) is 30.3 Å². The summed E-state index contributed by atoms with van der Waals surface area (Å²) in [7, 11) is 0. The molecule has 0 bridgehead atoms. The van der Waals surface area contributed by atoms with E-state index in [0.29, 0.717) is 11.7 Å². The molecule has 0 spiro atoms. The summed E-state index contributed by atoms with van der Waals surface area (Å²) >= 11 is 0. The number of anilines is 2. The minimum atomic E-state index is 0.113. The summed E-state index contributed by atoms with van der Waals surface area (Å²) in [6.07, 6.45) is 1.08. The van der Waals surface area contributed by atoms with E-state index < -0.39 is 0 Å². The van der Waals surface area contributed by atoms with Crippen molar-refractivity contribution in [2.45, 2.75) is 19.1 Å². The van der Waals surface area contributed by atoms with Crippen LogP contribution in [0.15, 0.2) is 36.4 Å². The Hall–Kier alpha value is -2.34. The lowest BCUT2D eigenvalue weighted by Crippen LogP contribution is -2.25. The average Bonchev–Trinajstić information content (AvgIpc) is 2.86. The minimum absolute atomic E-state index is 0.113. The monoisotopic (exact) mass is 285 g/mol. The Labute approximate surface area is 123 Å². The minimum Gasteiger partial charge on any atom is -0.473 e. The standard InChI is InChI=1S/C15H19N5O/c16-13-8-14(19-15(17)18-13)21-12-6-7-20(10-12)9-11-4-2-1-3-5-11/h1-5,8,12H,6-7,9-10H2,(H4,16,17,18,19). The maximum atomic E-state index is 5.85. The lowest BCUT2D eigenvalue weighted by atomic mass is 10.2. The van der Waals surface area contributed by atoms with Crippen LogP contribution in [0.2, 0.25) is 0 Å². The highest BCUT2D eigenvalue weighted by Crippen LogP contribution is 2.20. The molecule has 21 heavy (non-hydrogen) atoms. The number of hydrogen-bond acceptors (Lipinski definition) is 6. The van der Waals surface area contributed by atoms with Gasteiger partial charge in [0.05, 0.1) is 0 Å². The molecule has 1 saturated heterocycles. The molecule has 1 aliphatic rings. The topological polar surface area (TPSA) is 90.3 Å². The van der Waals surface area contributed by atoms with Crippen LogP contribution in [0.1, 0.15) is 12.0 Å². The van der Waals surface area contributed by atoms with Crippen molar-refractivity contribution in [2.75, 3.05) is 24.6 Å². The average molecular weight is 285 g/mol. The molecule has 1 aliphatic heterocycles. The first-order valence-corrected chi connectivity index (χ1v) is 7.02. The van der Waals surface area contributed by atoms with E-state index in [2.05, 4.69) is 39.1 Å². The number of benzene rings is 1. The molecular weight excluding hydrogens is 266 g/mol. The summed E-state index contributed by atoms with van der Waals surface area (Å²) in [6, 6.07) is 12.0. The SMILES string of the molecule is Nc1cc(OC2CCN(Cc3ccccc3)C2)nc(N)n1. The molecule has 1 aromatic heterocycles. The molecule has 1 aromatic carbocycles. The van der Waals surface area contributed by atoms with Crippen LogP contribution in [0.4, 0.5) is 11.8 Å². The van der Waals surface area contributed by atoms with Crippen LogP contribution >= 0.6 is 0 Å². The number of nitrogens with zero attached hydrogens (tertiary/aromatic N) is 3. The fourth-order valence-electron chi connectivity index (χ4n) is 2.57. The summed E-state index contributed by atoms with van der Waals surface area (Å²) in [6.45, 7) is 2.82. The number of nitrogens with two attached hydrogens (primary N) is 2. The lowest BCUT2D eigenvalue weighted by Gasteiger charge is -2.16.